The number of carbonyl (C=O) groups is 4. The Hall–Kier alpha value is -2.56. The molecule has 0 aliphatic rings. The fraction of sp³-hybridized carbons (Fsp3) is 0.571. The van der Waals surface area contributed by atoms with E-state index in [0.717, 1.165) is 0 Å². The van der Waals surface area contributed by atoms with Crippen molar-refractivity contribution in [2.45, 2.75) is 51.7 Å². The number of nitrogens with two attached hydrogens (primary N) is 1. The van der Waals surface area contributed by atoms with Gasteiger partial charge in [0.05, 0.1) is 0 Å². The summed E-state index contributed by atoms with van der Waals surface area (Å²) in [6, 6.07) is -2.53. The van der Waals surface area contributed by atoms with Gasteiger partial charge in [0.2, 0.25) is 23.6 Å². The smallest absolute Gasteiger partial charge is 0.242 e. The van der Waals surface area contributed by atoms with Gasteiger partial charge in [0.25, 0.3) is 0 Å². The number of carbonyl (C=O) groups excluding carboxylic acids is 4. The van der Waals surface area contributed by atoms with E-state index in [1.807, 2.05) is 0 Å². The lowest BCUT2D eigenvalue weighted by Crippen LogP contribution is -2.54. The third-order valence-electron chi connectivity index (χ3n) is 2.80. The lowest BCUT2D eigenvalue weighted by molar-refractivity contribution is -0.132. The van der Waals surface area contributed by atoms with Crippen LogP contribution in [0, 0.1) is 12.3 Å². The number of terminal acetylenes is 1. The molecule has 3 unspecified atom stereocenters. The average molecular weight is 310 g/mol. The van der Waals surface area contributed by atoms with Crippen LogP contribution >= 0.6 is 0 Å². The molecule has 0 radical (unpaired) electrons. The lowest BCUT2D eigenvalue weighted by atomic mass is 10.2. The van der Waals surface area contributed by atoms with E-state index in [1.54, 1.807) is 0 Å². The molecule has 0 aromatic carbocycles. The van der Waals surface area contributed by atoms with Crippen LogP contribution in [0.25, 0.3) is 0 Å². The molecule has 0 saturated carbocycles. The highest BCUT2D eigenvalue weighted by atomic mass is 16.2. The maximum absolute atomic E-state index is 11.8. The topological polar surface area (TPSA) is 130 Å². The van der Waals surface area contributed by atoms with Crippen LogP contribution < -0.4 is 21.7 Å². The fourth-order valence-electron chi connectivity index (χ4n) is 1.38. The Bertz CT molecular complexity index is 484. The molecule has 0 aromatic rings. The van der Waals surface area contributed by atoms with E-state index in [0.29, 0.717) is 0 Å². The average Bonchev–Trinajstić information content (AvgIpc) is 2.44. The molecule has 8 nitrogen and oxygen atoms in total. The van der Waals surface area contributed by atoms with E-state index >= 15 is 0 Å². The molecule has 0 aliphatic carbocycles. The number of hydrogen-bond donors (Lipinski definition) is 4. The summed E-state index contributed by atoms with van der Waals surface area (Å²) in [7, 11) is 0. The van der Waals surface area contributed by atoms with Gasteiger partial charge in [0.1, 0.15) is 18.1 Å². The summed E-state index contributed by atoms with van der Waals surface area (Å²) in [5.41, 5.74) is 5.03. The van der Waals surface area contributed by atoms with E-state index in [-0.39, 0.29) is 18.7 Å². The molecule has 3 atom stereocenters. The zero-order valence-corrected chi connectivity index (χ0v) is 12.9. The SMILES string of the molecule is C#CCCC(=O)NC(C)C(=O)NC(C)C(=O)NC(C)C(N)=O. The fourth-order valence-corrected chi connectivity index (χ4v) is 1.38. The predicted molar refractivity (Wildman–Crippen MR) is 80.1 cm³/mol. The van der Waals surface area contributed by atoms with Crippen molar-refractivity contribution in [2.24, 2.45) is 5.73 Å². The molecular formula is C14H22N4O4. The first-order valence-corrected chi connectivity index (χ1v) is 6.82. The van der Waals surface area contributed by atoms with Crippen molar-refractivity contribution in [1.82, 2.24) is 16.0 Å². The summed E-state index contributed by atoms with van der Waals surface area (Å²) >= 11 is 0. The maximum Gasteiger partial charge on any atom is 0.242 e. The van der Waals surface area contributed by atoms with Gasteiger partial charge >= 0.3 is 0 Å². The van der Waals surface area contributed by atoms with Crippen LogP contribution in [0.2, 0.25) is 0 Å². The van der Waals surface area contributed by atoms with Gasteiger partial charge in [-0.1, -0.05) is 0 Å². The van der Waals surface area contributed by atoms with Gasteiger partial charge in [-0.2, -0.15) is 0 Å². The molecule has 0 heterocycles. The Kier molecular flexibility index (Phi) is 8.30. The zero-order chi connectivity index (χ0) is 17.3. The summed E-state index contributed by atoms with van der Waals surface area (Å²) < 4.78 is 0. The molecule has 5 N–H and O–H groups in total. The van der Waals surface area contributed by atoms with Gasteiger partial charge < -0.3 is 21.7 Å². The van der Waals surface area contributed by atoms with E-state index in [4.69, 9.17) is 12.2 Å². The minimum absolute atomic E-state index is 0.125. The van der Waals surface area contributed by atoms with Crippen LogP contribution in [0.5, 0.6) is 0 Å². The molecule has 0 spiro atoms. The summed E-state index contributed by atoms with van der Waals surface area (Å²) in [6.07, 6.45) is 5.45. The Morgan fingerprint density at radius 2 is 1.41 bits per heavy atom. The molecule has 4 amide bonds. The lowest BCUT2D eigenvalue weighted by Gasteiger charge is -2.19. The van der Waals surface area contributed by atoms with Gasteiger partial charge in [0, 0.05) is 12.8 Å². The van der Waals surface area contributed by atoms with Crippen LogP contribution in [-0.2, 0) is 19.2 Å². The molecule has 0 aromatic heterocycles. The summed E-state index contributed by atoms with van der Waals surface area (Å²) in [5.74, 6) is 0.222. The minimum Gasteiger partial charge on any atom is -0.368 e. The van der Waals surface area contributed by atoms with Crippen molar-refractivity contribution in [3.05, 3.63) is 0 Å². The van der Waals surface area contributed by atoms with Crippen molar-refractivity contribution in [2.75, 3.05) is 0 Å². The van der Waals surface area contributed by atoms with Crippen molar-refractivity contribution in [3.8, 4) is 12.3 Å². The molecule has 0 saturated heterocycles. The minimum atomic E-state index is -0.876. The van der Waals surface area contributed by atoms with Crippen LogP contribution in [0.15, 0.2) is 0 Å². The van der Waals surface area contributed by atoms with Crippen molar-refractivity contribution in [1.29, 1.82) is 0 Å². The molecule has 0 rings (SSSR count). The Morgan fingerprint density at radius 1 is 0.955 bits per heavy atom. The largest absolute Gasteiger partial charge is 0.368 e. The summed E-state index contributed by atoms with van der Waals surface area (Å²) in [4.78, 5) is 45.9. The summed E-state index contributed by atoms with van der Waals surface area (Å²) in [6.45, 7) is 4.37. The second-order valence-electron chi connectivity index (χ2n) is 4.86. The second-order valence-corrected chi connectivity index (χ2v) is 4.86. The maximum atomic E-state index is 11.8. The predicted octanol–water partition coefficient (Wildman–Crippen LogP) is -1.60. The van der Waals surface area contributed by atoms with E-state index in [9.17, 15) is 19.2 Å². The van der Waals surface area contributed by atoms with Crippen LogP contribution in [0.1, 0.15) is 33.6 Å². The number of rotatable bonds is 8. The van der Waals surface area contributed by atoms with E-state index < -0.39 is 35.8 Å². The molecule has 8 heteroatoms. The van der Waals surface area contributed by atoms with Crippen LogP contribution in [-0.4, -0.2) is 41.8 Å². The molecule has 22 heavy (non-hydrogen) atoms. The van der Waals surface area contributed by atoms with Gasteiger partial charge in [-0.15, -0.1) is 12.3 Å². The van der Waals surface area contributed by atoms with Gasteiger partial charge in [-0.05, 0) is 20.8 Å². The third kappa shape index (κ3) is 7.28. The molecule has 0 aliphatic heterocycles. The molecular weight excluding hydrogens is 288 g/mol. The van der Waals surface area contributed by atoms with E-state index in [1.165, 1.54) is 20.8 Å². The number of primary amides is 1. The van der Waals surface area contributed by atoms with Crippen molar-refractivity contribution < 1.29 is 19.2 Å². The van der Waals surface area contributed by atoms with E-state index in [2.05, 4.69) is 21.9 Å². The molecule has 0 bridgehead atoms. The van der Waals surface area contributed by atoms with Gasteiger partial charge in [-0.25, -0.2) is 0 Å². The van der Waals surface area contributed by atoms with Crippen molar-refractivity contribution >= 4 is 23.6 Å². The highest BCUT2D eigenvalue weighted by Crippen LogP contribution is 1.92. The Labute approximate surface area is 129 Å². The third-order valence-corrected chi connectivity index (χ3v) is 2.80. The monoisotopic (exact) mass is 310 g/mol. The number of amides is 4. The van der Waals surface area contributed by atoms with Crippen LogP contribution in [0.4, 0.5) is 0 Å². The normalized spacial score (nSPS) is 13.9. The standard InChI is InChI=1S/C14H22N4O4/c1-5-6-7-11(19)16-9(3)13(21)18-10(4)14(22)17-8(2)12(15)20/h1,8-10H,6-7H2,2-4H3,(H2,15,20)(H,16,19)(H,17,22)(H,18,21). The number of nitrogens with one attached hydrogen (secondary N) is 3. The Balaban J connectivity index is 4.34. The number of hydrogen-bond acceptors (Lipinski definition) is 4. The second kappa shape index (κ2) is 9.39. The van der Waals surface area contributed by atoms with Gasteiger partial charge in [-0.3, -0.25) is 19.2 Å². The quantitative estimate of drug-likeness (QED) is 0.402. The first-order chi connectivity index (χ1) is 10.2. The summed E-state index contributed by atoms with van der Waals surface area (Å²) in [5, 5.41) is 7.25. The first kappa shape index (κ1) is 19.4. The Morgan fingerprint density at radius 3 is 1.86 bits per heavy atom. The first-order valence-electron chi connectivity index (χ1n) is 6.82. The highest BCUT2D eigenvalue weighted by molar-refractivity contribution is 5.93. The molecule has 0 fully saturated rings. The van der Waals surface area contributed by atoms with Crippen LogP contribution in [0.3, 0.4) is 0 Å². The highest BCUT2D eigenvalue weighted by Gasteiger charge is 2.22. The molecule has 122 valence electrons. The zero-order valence-electron chi connectivity index (χ0n) is 12.9. The van der Waals surface area contributed by atoms with Crippen molar-refractivity contribution in [3.63, 3.8) is 0 Å². The van der Waals surface area contributed by atoms with Gasteiger partial charge in [0.15, 0.2) is 0 Å².